The first-order valence-electron chi connectivity index (χ1n) is 6.56. The number of carbonyl (C=O) groups excluding carboxylic acids is 3. The zero-order valence-corrected chi connectivity index (χ0v) is 12.0. The van der Waals surface area contributed by atoms with Gasteiger partial charge in [0.15, 0.2) is 0 Å². The molecule has 0 saturated heterocycles. The number of amides is 1. The van der Waals surface area contributed by atoms with E-state index in [-0.39, 0.29) is 17.6 Å². The van der Waals surface area contributed by atoms with Crippen LogP contribution in [0.2, 0.25) is 0 Å². The molecule has 2 unspecified atom stereocenters. The minimum absolute atomic E-state index is 0.0725. The zero-order valence-electron chi connectivity index (χ0n) is 12.0. The van der Waals surface area contributed by atoms with Crippen molar-refractivity contribution in [3.05, 3.63) is 0 Å². The van der Waals surface area contributed by atoms with Gasteiger partial charge in [-0.2, -0.15) is 0 Å². The lowest BCUT2D eigenvalue weighted by Crippen LogP contribution is -2.42. The molecule has 1 N–H and O–H groups in total. The van der Waals surface area contributed by atoms with Crippen LogP contribution in [0.15, 0.2) is 0 Å². The normalized spacial score (nSPS) is 14.4. The minimum atomic E-state index is -0.679. The fourth-order valence-electron chi connectivity index (χ4n) is 1.69. The Kier molecular flexibility index (Phi) is 7.48. The Morgan fingerprint density at radius 1 is 1.06 bits per heavy atom. The van der Waals surface area contributed by atoms with Crippen molar-refractivity contribution in [2.75, 3.05) is 0 Å². The van der Waals surface area contributed by atoms with Crippen molar-refractivity contribution < 1.29 is 14.4 Å². The molecule has 0 aliphatic heterocycles. The van der Waals surface area contributed by atoms with Gasteiger partial charge in [0.1, 0.15) is 12.1 Å². The Morgan fingerprint density at radius 3 is 2.00 bits per heavy atom. The lowest BCUT2D eigenvalue weighted by molar-refractivity contribution is -0.135. The van der Waals surface area contributed by atoms with Gasteiger partial charge in [-0.25, -0.2) is 0 Å². The first-order valence-corrected chi connectivity index (χ1v) is 6.56. The highest BCUT2D eigenvalue weighted by molar-refractivity contribution is 6.01. The molecule has 18 heavy (non-hydrogen) atoms. The number of Topliss-reactive ketones (excluding diaryl/α,β-unsaturated/α-hetero) is 1. The van der Waals surface area contributed by atoms with Crippen molar-refractivity contribution in [1.29, 1.82) is 0 Å². The Labute approximate surface area is 110 Å². The maximum Gasteiger partial charge on any atom is 0.230 e. The van der Waals surface area contributed by atoms with E-state index in [0.29, 0.717) is 18.8 Å². The first-order chi connectivity index (χ1) is 8.27. The van der Waals surface area contributed by atoms with E-state index in [2.05, 4.69) is 5.32 Å². The van der Waals surface area contributed by atoms with Crippen molar-refractivity contribution in [3.8, 4) is 0 Å². The second-order valence-electron chi connectivity index (χ2n) is 5.67. The highest BCUT2D eigenvalue weighted by atomic mass is 16.2. The lowest BCUT2D eigenvalue weighted by Gasteiger charge is -2.18. The molecular formula is C14H25NO3. The second kappa shape index (κ2) is 8.01. The third-order valence-corrected chi connectivity index (χ3v) is 2.70. The molecule has 0 aliphatic rings. The second-order valence-corrected chi connectivity index (χ2v) is 5.67. The van der Waals surface area contributed by atoms with E-state index >= 15 is 0 Å². The van der Waals surface area contributed by atoms with Crippen LogP contribution in [0.5, 0.6) is 0 Å². The van der Waals surface area contributed by atoms with Gasteiger partial charge in [0.05, 0.1) is 12.0 Å². The number of rotatable bonds is 8. The van der Waals surface area contributed by atoms with Gasteiger partial charge in [0, 0.05) is 6.42 Å². The van der Waals surface area contributed by atoms with E-state index < -0.39 is 12.0 Å². The maximum absolute atomic E-state index is 11.8. The summed E-state index contributed by atoms with van der Waals surface area (Å²) in [7, 11) is 0. The monoisotopic (exact) mass is 255 g/mol. The fraction of sp³-hybridized carbons (Fsp3) is 0.786. The molecule has 0 bridgehead atoms. The highest BCUT2D eigenvalue weighted by Gasteiger charge is 2.24. The van der Waals surface area contributed by atoms with Crippen LogP contribution in [0.4, 0.5) is 0 Å². The SMILES string of the molecule is CC(C)CC(=O)C(C)C(=O)NC(C=O)CC(C)C. The van der Waals surface area contributed by atoms with Crippen molar-refractivity contribution in [3.63, 3.8) is 0 Å². The van der Waals surface area contributed by atoms with Crippen molar-refractivity contribution in [1.82, 2.24) is 5.32 Å². The van der Waals surface area contributed by atoms with Crippen LogP contribution in [0.1, 0.15) is 47.5 Å². The summed E-state index contributed by atoms with van der Waals surface area (Å²) in [6, 6.07) is -0.494. The van der Waals surface area contributed by atoms with Crippen molar-refractivity contribution >= 4 is 18.0 Å². The van der Waals surface area contributed by atoms with Crippen LogP contribution in [0.3, 0.4) is 0 Å². The summed E-state index contributed by atoms with van der Waals surface area (Å²) < 4.78 is 0. The Hall–Kier alpha value is -1.19. The number of carbonyl (C=O) groups is 3. The maximum atomic E-state index is 11.8. The quantitative estimate of drug-likeness (QED) is 0.533. The van der Waals surface area contributed by atoms with Crippen LogP contribution >= 0.6 is 0 Å². The van der Waals surface area contributed by atoms with Crippen LogP contribution < -0.4 is 5.32 Å². The minimum Gasteiger partial charge on any atom is -0.346 e. The number of hydrogen-bond acceptors (Lipinski definition) is 3. The third kappa shape index (κ3) is 6.52. The third-order valence-electron chi connectivity index (χ3n) is 2.70. The van der Waals surface area contributed by atoms with E-state index in [1.165, 1.54) is 0 Å². The molecule has 0 rings (SSSR count). The van der Waals surface area contributed by atoms with E-state index in [9.17, 15) is 14.4 Å². The molecule has 0 heterocycles. The summed E-state index contributed by atoms with van der Waals surface area (Å²) in [6.07, 6.45) is 1.72. The summed E-state index contributed by atoms with van der Waals surface area (Å²) in [5.74, 6) is -0.537. The van der Waals surface area contributed by atoms with E-state index in [4.69, 9.17) is 0 Å². The Morgan fingerprint density at radius 2 is 1.61 bits per heavy atom. The molecule has 0 fully saturated rings. The summed E-state index contributed by atoms with van der Waals surface area (Å²) in [4.78, 5) is 34.4. The zero-order chi connectivity index (χ0) is 14.3. The van der Waals surface area contributed by atoms with Gasteiger partial charge in [-0.1, -0.05) is 27.7 Å². The fourth-order valence-corrected chi connectivity index (χ4v) is 1.69. The topological polar surface area (TPSA) is 63.2 Å². The summed E-state index contributed by atoms with van der Waals surface area (Å²) in [5, 5.41) is 2.62. The van der Waals surface area contributed by atoms with Gasteiger partial charge in [0.25, 0.3) is 0 Å². The average molecular weight is 255 g/mol. The standard InChI is InChI=1S/C14H25NO3/c1-9(2)6-12(8-16)15-14(18)11(5)13(17)7-10(3)4/h8-12H,6-7H2,1-5H3,(H,15,18). The predicted molar refractivity (Wildman–Crippen MR) is 71.1 cm³/mol. The number of hydrogen-bond donors (Lipinski definition) is 1. The van der Waals surface area contributed by atoms with E-state index in [0.717, 1.165) is 6.29 Å². The number of ketones is 1. The molecule has 0 saturated carbocycles. The van der Waals surface area contributed by atoms with E-state index in [1.54, 1.807) is 6.92 Å². The van der Waals surface area contributed by atoms with Gasteiger partial charge in [-0.3, -0.25) is 9.59 Å². The molecular weight excluding hydrogens is 230 g/mol. The van der Waals surface area contributed by atoms with Gasteiger partial charge in [-0.05, 0) is 25.2 Å². The molecule has 4 heteroatoms. The largest absolute Gasteiger partial charge is 0.346 e. The van der Waals surface area contributed by atoms with Gasteiger partial charge in [0.2, 0.25) is 5.91 Å². The molecule has 1 amide bonds. The Bertz CT molecular complexity index is 297. The van der Waals surface area contributed by atoms with Crippen LogP contribution in [0.25, 0.3) is 0 Å². The molecule has 0 aromatic rings. The highest BCUT2D eigenvalue weighted by Crippen LogP contribution is 2.09. The predicted octanol–water partition coefficient (Wildman–Crippen LogP) is 1.97. The van der Waals surface area contributed by atoms with Crippen molar-refractivity contribution in [2.24, 2.45) is 17.8 Å². The number of nitrogens with one attached hydrogen (secondary N) is 1. The van der Waals surface area contributed by atoms with Crippen LogP contribution in [-0.2, 0) is 14.4 Å². The van der Waals surface area contributed by atoms with Gasteiger partial charge >= 0.3 is 0 Å². The molecule has 0 radical (unpaired) electrons. The summed E-state index contributed by atoms with van der Waals surface area (Å²) in [6.45, 7) is 9.44. The van der Waals surface area contributed by atoms with Crippen molar-refractivity contribution in [2.45, 2.75) is 53.5 Å². The van der Waals surface area contributed by atoms with Gasteiger partial charge < -0.3 is 10.1 Å². The average Bonchev–Trinajstić information content (AvgIpc) is 2.25. The molecule has 0 aromatic carbocycles. The van der Waals surface area contributed by atoms with Crippen LogP contribution in [-0.4, -0.2) is 24.0 Å². The molecule has 2 atom stereocenters. The Balaban J connectivity index is 4.37. The number of aldehydes is 1. The molecule has 0 spiro atoms. The molecule has 0 aliphatic carbocycles. The first kappa shape index (κ1) is 16.8. The molecule has 0 aromatic heterocycles. The summed E-state index contributed by atoms with van der Waals surface area (Å²) >= 11 is 0. The lowest BCUT2D eigenvalue weighted by atomic mass is 9.96. The van der Waals surface area contributed by atoms with Crippen LogP contribution in [0, 0.1) is 17.8 Å². The smallest absolute Gasteiger partial charge is 0.230 e. The molecule has 104 valence electrons. The van der Waals surface area contributed by atoms with E-state index in [1.807, 2.05) is 27.7 Å². The molecule has 4 nitrogen and oxygen atoms in total. The van der Waals surface area contributed by atoms with Gasteiger partial charge in [-0.15, -0.1) is 0 Å². The summed E-state index contributed by atoms with van der Waals surface area (Å²) in [5.41, 5.74) is 0.